The van der Waals surface area contributed by atoms with Crippen molar-refractivity contribution in [1.82, 2.24) is 10.4 Å². The Morgan fingerprint density at radius 1 is 1.73 bits per heavy atom. The fourth-order valence-electron chi connectivity index (χ4n) is 0.831. The van der Waals surface area contributed by atoms with Gasteiger partial charge in [0.15, 0.2) is 0 Å². The number of carbonyl (C=O) groups excluding carboxylic acids is 1. The highest BCUT2D eigenvalue weighted by Crippen LogP contribution is 1.94. The van der Waals surface area contributed by atoms with E-state index in [1.807, 2.05) is 12.2 Å². The van der Waals surface area contributed by atoms with Crippen molar-refractivity contribution in [2.24, 2.45) is 0 Å². The molecule has 0 saturated carbocycles. The second kappa shape index (κ2) is 3.98. The van der Waals surface area contributed by atoms with Crippen molar-refractivity contribution in [2.75, 3.05) is 19.7 Å². The van der Waals surface area contributed by atoms with Crippen LogP contribution in [-0.4, -0.2) is 30.8 Å². The maximum atomic E-state index is 11.0. The molecule has 0 aliphatic carbocycles. The second-order valence-corrected chi connectivity index (χ2v) is 2.14. The van der Waals surface area contributed by atoms with Crippen LogP contribution >= 0.6 is 0 Å². The number of hydrogen-bond acceptors (Lipinski definition) is 3. The quantitative estimate of drug-likeness (QED) is 0.563. The van der Waals surface area contributed by atoms with Crippen LogP contribution in [0.4, 0.5) is 4.79 Å². The van der Waals surface area contributed by atoms with Crippen LogP contribution in [-0.2, 0) is 4.74 Å². The molecule has 0 aromatic rings. The summed E-state index contributed by atoms with van der Waals surface area (Å²) < 4.78 is 4.77. The summed E-state index contributed by atoms with van der Waals surface area (Å²) in [6.07, 6.45) is 3.58. The normalized spacial score (nSPS) is 16.6. The molecule has 1 aliphatic heterocycles. The fraction of sp³-hybridized carbons (Fsp3) is 0.571. The van der Waals surface area contributed by atoms with Gasteiger partial charge in [-0.15, -0.1) is 0 Å². The summed E-state index contributed by atoms with van der Waals surface area (Å²) in [6, 6.07) is 0. The number of hydrazine groups is 1. The second-order valence-electron chi connectivity index (χ2n) is 2.14. The topological polar surface area (TPSA) is 41.6 Å². The Morgan fingerprint density at radius 2 is 2.55 bits per heavy atom. The van der Waals surface area contributed by atoms with E-state index in [4.69, 9.17) is 4.74 Å². The highest BCUT2D eigenvalue weighted by Gasteiger charge is 2.13. The predicted molar refractivity (Wildman–Crippen MR) is 40.9 cm³/mol. The van der Waals surface area contributed by atoms with Gasteiger partial charge < -0.3 is 4.74 Å². The highest BCUT2D eigenvalue weighted by molar-refractivity contribution is 5.67. The number of carbonyl (C=O) groups is 1. The summed E-state index contributed by atoms with van der Waals surface area (Å²) in [5, 5.41) is 1.45. The maximum Gasteiger partial charge on any atom is 0.424 e. The smallest absolute Gasteiger partial charge is 0.424 e. The van der Waals surface area contributed by atoms with Crippen molar-refractivity contribution in [2.45, 2.75) is 6.92 Å². The van der Waals surface area contributed by atoms with E-state index in [2.05, 4.69) is 5.43 Å². The molecule has 0 bridgehead atoms. The standard InChI is InChI=1S/C7H12N2O2/c1-2-11-7(10)9-6-4-3-5-8-9/h3-4,8H,2,5-6H2,1H3. The lowest BCUT2D eigenvalue weighted by Crippen LogP contribution is -2.45. The molecule has 1 amide bonds. The Hall–Kier alpha value is -1.03. The molecule has 0 aromatic carbocycles. The van der Waals surface area contributed by atoms with E-state index in [0.717, 1.165) is 0 Å². The van der Waals surface area contributed by atoms with E-state index in [0.29, 0.717) is 19.7 Å². The minimum atomic E-state index is -0.308. The van der Waals surface area contributed by atoms with Gasteiger partial charge in [-0.3, -0.25) is 0 Å². The van der Waals surface area contributed by atoms with Crippen LogP contribution < -0.4 is 5.43 Å². The molecular formula is C7H12N2O2. The van der Waals surface area contributed by atoms with Crippen LogP contribution in [0.15, 0.2) is 12.2 Å². The molecule has 1 N–H and O–H groups in total. The maximum absolute atomic E-state index is 11.0. The molecule has 0 unspecified atom stereocenters. The molecule has 1 rings (SSSR count). The predicted octanol–water partition coefficient (Wildman–Crippen LogP) is 0.519. The van der Waals surface area contributed by atoms with Crippen LogP contribution in [0.1, 0.15) is 6.92 Å². The lowest BCUT2D eigenvalue weighted by atomic mass is 10.4. The molecule has 4 heteroatoms. The monoisotopic (exact) mass is 156 g/mol. The van der Waals surface area contributed by atoms with E-state index in [1.165, 1.54) is 5.01 Å². The average molecular weight is 156 g/mol. The van der Waals surface area contributed by atoms with Crippen molar-refractivity contribution >= 4 is 6.09 Å². The highest BCUT2D eigenvalue weighted by atomic mass is 16.6. The Bertz CT molecular complexity index is 168. The Labute approximate surface area is 65.8 Å². The molecule has 4 nitrogen and oxygen atoms in total. The molecule has 0 spiro atoms. The summed E-state index contributed by atoms with van der Waals surface area (Å²) in [6.45, 7) is 3.48. The molecule has 0 saturated heterocycles. The number of nitrogens with one attached hydrogen (secondary N) is 1. The first-order valence-electron chi connectivity index (χ1n) is 3.67. The van der Waals surface area contributed by atoms with E-state index in [-0.39, 0.29) is 6.09 Å². The van der Waals surface area contributed by atoms with Crippen LogP contribution in [0.2, 0.25) is 0 Å². The van der Waals surface area contributed by atoms with Gasteiger partial charge in [0.25, 0.3) is 0 Å². The van der Waals surface area contributed by atoms with E-state index in [9.17, 15) is 4.79 Å². The number of hydrogen-bond donors (Lipinski definition) is 1. The zero-order chi connectivity index (χ0) is 8.10. The molecule has 0 aromatic heterocycles. The molecule has 11 heavy (non-hydrogen) atoms. The van der Waals surface area contributed by atoms with Crippen molar-refractivity contribution in [3.63, 3.8) is 0 Å². The number of ether oxygens (including phenoxy) is 1. The van der Waals surface area contributed by atoms with Crippen LogP contribution in [0, 0.1) is 0 Å². The largest absolute Gasteiger partial charge is 0.449 e. The fourth-order valence-corrected chi connectivity index (χ4v) is 0.831. The Kier molecular flexibility index (Phi) is 2.92. The Morgan fingerprint density at radius 3 is 3.09 bits per heavy atom. The van der Waals surface area contributed by atoms with Gasteiger partial charge in [-0.25, -0.2) is 15.2 Å². The van der Waals surface area contributed by atoms with Gasteiger partial charge in [0.05, 0.1) is 13.2 Å². The summed E-state index contributed by atoms with van der Waals surface area (Å²) in [5.41, 5.74) is 2.88. The first-order chi connectivity index (χ1) is 5.34. The first kappa shape index (κ1) is 8.07. The molecular weight excluding hydrogens is 144 g/mol. The summed E-state index contributed by atoms with van der Waals surface area (Å²) in [4.78, 5) is 11.0. The number of rotatable bonds is 1. The van der Waals surface area contributed by atoms with Crippen molar-refractivity contribution in [3.05, 3.63) is 12.2 Å². The van der Waals surface area contributed by atoms with Crippen LogP contribution in [0.25, 0.3) is 0 Å². The Balaban J connectivity index is 2.34. The molecule has 1 heterocycles. The zero-order valence-electron chi connectivity index (χ0n) is 6.54. The lowest BCUT2D eigenvalue weighted by Gasteiger charge is -2.22. The molecule has 0 fully saturated rings. The minimum Gasteiger partial charge on any atom is -0.449 e. The third kappa shape index (κ3) is 2.23. The number of amides is 1. The van der Waals surface area contributed by atoms with Gasteiger partial charge in [0.2, 0.25) is 0 Å². The van der Waals surface area contributed by atoms with Gasteiger partial charge in [-0.05, 0) is 6.92 Å². The van der Waals surface area contributed by atoms with Crippen molar-refractivity contribution in [3.8, 4) is 0 Å². The molecule has 62 valence electrons. The molecule has 0 atom stereocenters. The third-order valence-corrected chi connectivity index (χ3v) is 1.34. The van der Waals surface area contributed by atoms with Crippen molar-refractivity contribution < 1.29 is 9.53 Å². The average Bonchev–Trinajstić information content (AvgIpc) is 2.07. The SMILES string of the molecule is CCOC(=O)N1CC=CCN1. The van der Waals surface area contributed by atoms with Gasteiger partial charge in [0, 0.05) is 6.54 Å². The minimum absolute atomic E-state index is 0.308. The zero-order valence-corrected chi connectivity index (χ0v) is 6.54. The first-order valence-corrected chi connectivity index (χ1v) is 3.67. The summed E-state index contributed by atoms with van der Waals surface area (Å²) in [7, 11) is 0. The van der Waals surface area contributed by atoms with Gasteiger partial charge >= 0.3 is 6.09 Å². The lowest BCUT2D eigenvalue weighted by molar-refractivity contribution is 0.0922. The van der Waals surface area contributed by atoms with Crippen molar-refractivity contribution in [1.29, 1.82) is 0 Å². The van der Waals surface area contributed by atoms with Gasteiger partial charge in [-0.2, -0.15) is 0 Å². The van der Waals surface area contributed by atoms with Gasteiger partial charge in [0.1, 0.15) is 0 Å². The molecule has 0 radical (unpaired) electrons. The van der Waals surface area contributed by atoms with Gasteiger partial charge in [-0.1, -0.05) is 12.2 Å². The molecule has 1 aliphatic rings. The summed E-state index contributed by atoms with van der Waals surface area (Å²) >= 11 is 0. The van der Waals surface area contributed by atoms with Crippen LogP contribution in [0.5, 0.6) is 0 Å². The summed E-state index contributed by atoms with van der Waals surface area (Å²) in [5.74, 6) is 0. The van der Waals surface area contributed by atoms with E-state index in [1.54, 1.807) is 6.92 Å². The van der Waals surface area contributed by atoms with Crippen LogP contribution in [0.3, 0.4) is 0 Å². The van der Waals surface area contributed by atoms with E-state index < -0.39 is 0 Å². The third-order valence-electron chi connectivity index (χ3n) is 1.34. The van der Waals surface area contributed by atoms with E-state index >= 15 is 0 Å². The number of nitrogens with zero attached hydrogens (tertiary/aromatic N) is 1.